The number of nitrogens with one attached hydrogen (secondary N) is 4. The van der Waals surface area contributed by atoms with Crippen LogP contribution in [-0.2, 0) is 4.79 Å². The van der Waals surface area contributed by atoms with Crippen LogP contribution in [-0.4, -0.2) is 18.0 Å². The first-order valence-electron chi connectivity index (χ1n) is 7.87. The van der Waals surface area contributed by atoms with Crippen molar-refractivity contribution in [2.45, 2.75) is 50.7 Å². The molecule has 1 heterocycles. The van der Waals surface area contributed by atoms with Crippen molar-refractivity contribution in [1.82, 2.24) is 21.7 Å². The summed E-state index contributed by atoms with van der Waals surface area (Å²) in [5.41, 5.74) is 10.2. The van der Waals surface area contributed by atoms with Crippen LogP contribution in [0.15, 0.2) is 30.3 Å². The minimum Gasteiger partial charge on any atom is -0.352 e. The second kappa shape index (κ2) is 6.56. The highest BCUT2D eigenvalue weighted by molar-refractivity contribution is 5.83. The number of rotatable bonds is 3. The van der Waals surface area contributed by atoms with Gasteiger partial charge in [-0.1, -0.05) is 50.1 Å². The molecule has 114 valence electrons. The molecule has 5 heteroatoms. The van der Waals surface area contributed by atoms with E-state index in [-0.39, 0.29) is 18.0 Å². The molecule has 2 fully saturated rings. The van der Waals surface area contributed by atoms with E-state index < -0.39 is 0 Å². The van der Waals surface area contributed by atoms with Crippen molar-refractivity contribution in [3.63, 3.8) is 0 Å². The van der Waals surface area contributed by atoms with E-state index in [2.05, 4.69) is 28.6 Å². The van der Waals surface area contributed by atoms with Gasteiger partial charge >= 0.3 is 0 Å². The summed E-state index contributed by atoms with van der Waals surface area (Å²) in [6.45, 7) is 2.23. The Labute approximate surface area is 125 Å². The van der Waals surface area contributed by atoms with E-state index in [4.69, 9.17) is 0 Å². The lowest BCUT2D eigenvalue weighted by Gasteiger charge is -2.31. The molecule has 1 amide bonds. The Bertz CT molecular complexity index is 478. The summed E-state index contributed by atoms with van der Waals surface area (Å²) in [6.07, 6.45) is 4.80. The quantitative estimate of drug-likeness (QED) is 0.679. The standard InChI is InChI=1S/C16H24N4O/c1-11-7-5-6-10-13(11)17-16(21)15-14(18-20-19-15)12-8-3-2-4-9-12/h2-4,8-9,11,13-15,18-20H,5-7,10H2,1H3,(H,17,21). The smallest absolute Gasteiger partial charge is 0.240 e. The highest BCUT2D eigenvalue weighted by Gasteiger charge is 2.35. The Morgan fingerprint density at radius 1 is 1.14 bits per heavy atom. The maximum atomic E-state index is 12.6. The van der Waals surface area contributed by atoms with Gasteiger partial charge in [0, 0.05) is 6.04 Å². The molecule has 1 aliphatic heterocycles. The van der Waals surface area contributed by atoms with Crippen molar-refractivity contribution in [3.05, 3.63) is 35.9 Å². The molecule has 4 N–H and O–H groups in total. The molecule has 1 aromatic rings. The van der Waals surface area contributed by atoms with Crippen LogP contribution in [0.25, 0.3) is 0 Å². The highest BCUT2D eigenvalue weighted by atomic mass is 16.2. The molecule has 1 aromatic carbocycles. The summed E-state index contributed by atoms with van der Waals surface area (Å²) in [5, 5.41) is 3.23. The molecule has 4 atom stereocenters. The van der Waals surface area contributed by atoms with Gasteiger partial charge in [-0.25, -0.2) is 10.9 Å². The Morgan fingerprint density at radius 3 is 2.67 bits per heavy atom. The van der Waals surface area contributed by atoms with Gasteiger partial charge in [0.25, 0.3) is 0 Å². The van der Waals surface area contributed by atoms with Crippen LogP contribution in [0, 0.1) is 5.92 Å². The van der Waals surface area contributed by atoms with E-state index in [1.165, 1.54) is 19.3 Å². The molecule has 5 nitrogen and oxygen atoms in total. The minimum atomic E-state index is -0.290. The molecular formula is C16H24N4O. The molecule has 0 spiro atoms. The number of hydrogen-bond donors (Lipinski definition) is 4. The molecule has 1 saturated carbocycles. The molecule has 1 saturated heterocycles. The largest absolute Gasteiger partial charge is 0.352 e. The molecule has 1 aliphatic carbocycles. The van der Waals surface area contributed by atoms with E-state index in [1.54, 1.807) is 0 Å². The molecule has 0 aromatic heterocycles. The normalized spacial score (nSPS) is 32.8. The fourth-order valence-corrected chi connectivity index (χ4v) is 3.32. The third kappa shape index (κ3) is 3.26. The van der Waals surface area contributed by atoms with Crippen molar-refractivity contribution in [2.24, 2.45) is 5.92 Å². The topological polar surface area (TPSA) is 65.2 Å². The number of hydrazine groups is 2. The van der Waals surface area contributed by atoms with Crippen LogP contribution in [0.3, 0.4) is 0 Å². The average Bonchev–Trinajstić information content (AvgIpc) is 3.00. The molecule has 21 heavy (non-hydrogen) atoms. The Hall–Kier alpha value is -1.43. The van der Waals surface area contributed by atoms with Crippen molar-refractivity contribution >= 4 is 5.91 Å². The Balaban J connectivity index is 1.66. The van der Waals surface area contributed by atoms with Gasteiger partial charge in [0.05, 0.1) is 6.04 Å². The van der Waals surface area contributed by atoms with E-state index in [0.717, 1.165) is 12.0 Å². The first-order chi connectivity index (χ1) is 10.3. The van der Waals surface area contributed by atoms with Gasteiger partial charge in [-0.15, -0.1) is 0 Å². The van der Waals surface area contributed by atoms with Gasteiger partial charge in [-0.3, -0.25) is 4.79 Å². The van der Waals surface area contributed by atoms with Crippen molar-refractivity contribution in [3.8, 4) is 0 Å². The second-order valence-corrected chi connectivity index (χ2v) is 6.16. The van der Waals surface area contributed by atoms with Gasteiger partial charge in [0.15, 0.2) is 0 Å². The van der Waals surface area contributed by atoms with Gasteiger partial charge in [-0.05, 0) is 24.3 Å². The van der Waals surface area contributed by atoms with Crippen molar-refractivity contribution in [1.29, 1.82) is 0 Å². The maximum absolute atomic E-state index is 12.6. The fraction of sp³-hybridized carbons (Fsp3) is 0.562. The molecule has 2 aliphatic rings. The zero-order chi connectivity index (χ0) is 14.7. The summed E-state index contributed by atoms with van der Waals surface area (Å²) in [6, 6.07) is 10.0. The van der Waals surface area contributed by atoms with Gasteiger partial charge in [0.2, 0.25) is 5.91 Å². The van der Waals surface area contributed by atoms with Gasteiger partial charge in [0.1, 0.15) is 6.04 Å². The number of carbonyl (C=O) groups is 1. The molecule has 3 rings (SSSR count). The highest BCUT2D eigenvalue weighted by Crippen LogP contribution is 2.25. The predicted octanol–water partition coefficient (Wildman–Crippen LogP) is 1.40. The second-order valence-electron chi connectivity index (χ2n) is 6.16. The zero-order valence-corrected chi connectivity index (χ0v) is 12.4. The van der Waals surface area contributed by atoms with E-state index >= 15 is 0 Å². The lowest BCUT2D eigenvalue weighted by molar-refractivity contribution is -0.124. The number of amides is 1. The number of benzene rings is 1. The van der Waals surface area contributed by atoms with Crippen molar-refractivity contribution in [2.75, 3.05) is 0 Å². The minimum absolute atomic E-state index is 0.0508. The lowest BCUT2D eigenvalue weighted by atomic mass is 9.85. The number of hydrogen-bond acceptors (Lipinski definition) is 4. The summed E-state index contributed by atoms with van der Waals surface area (Å²) < 4.78 is 0. The third-order valence-electron chi connectivity index (χ3n) is 4.67. The number of carbonyl (C=O) groups excluding carboxylic acids is 1. The molecule has 0 bridgehead atoms. The lowest BCUT2D eigenvalue weighted by Crippen LogP contribution is -2.50. The van der Waals surface area contributed by atoms with Crippen LogP contribution >= 0.6 is 0 Å². The fourth-order valence-electron chi connectivity index (χ4n) is 3.32. The summed E-state index contributed by atoms with van der Waals surface area (Å²) in [4.78, 5) is 12.6. The Kier molecular flexibility index (Phi) is 4.53. The average molecular weight is 288 g/mol. The van der Waals surface area contributed by atoms with E-state index in [0.29, 0.717) is 12.0 Å². The monoisotopic (exact) mass is 288 g/mol. The SMILES string of the molecule is CC1CCCCC1NC(=O)C1NNNC1c1ccccc1. The van der Waals surface area contributed by atoms with Gasteiger partial charge in [-0.2, -0.15) is 5.53 Å². The Morgan fingerprint density at radius 2 is 1.90 bits per heavy atom. The zero-order valence-electron chi connectivity index (χ0n) is 12.4. The van der Waals surface area contributed by atoms with Crippen LogP contribution in [0.1, 0.15) is 44.2 Å². The first-order valence-corrected chi connectivity index (χ1v) is 7.87. The van der Waals surface area contributed by atoms with E-state index in [1.807, 2.05) is 30.3 Å². The molecule has 0 radical (unpaired) electrons. The summed E-state index contributed by atoms with van der Waals surface area (Å²) in [7, 11) is 0. The predicted molar refractivity (Wildman–Crippen MR) is 81.9 cm³/mol. The first kappa shape index (κ1) is 14.5. The maximum Gasteiger partial charge on any atom is 0.240 e. The molecular weight excluding hydrogens is 264 g/mol. The summed E-state index contributed by atoms with van der Waals surface area (Å²) in [5.74, 6) is 0.639. The van der Waals surface area contributed by atoms with Crippen molar-refractivity contribution < 1.29 is 4.79 Å². The van der Waals surface area contributed by atoms with Crippen LogP contribution in [0.5, 0.6) is 0 Å². The van der Waals surface area contributed by atoms with Crippen LogP contribution in [0.4, 0.5) is 0 Å². The van der Waals surface area contributed by atoms with Crippen LogP contribution in [0.2, 0.25) is 0 Å². The third-order valence-corrected chi connectivity index (χ3v) is 4.67. The molecule has 4 unspecified atom stereocenters. The van der Waals surface area contributed by atoms with Gasteiger partial charge < -0.3 is 5.32 Å². The summed E-state index contributed by atoms with van der Waals surface area (Å²) >= 11 is 0. The van der Waals surface area contributed by atoms with Crippen LogP contribution < -0.4 is 21.7 Å². The van der Waals surface area contributed by atoms with E-state index in [9.17, 15) is 4.79 Å².